The molecule has 1 saturated heterocycles. The summed E-state index contributed by atoms with van der Waals surface area (Å²) >= 11 is 0. The van der Waals surface area contributed by atoms with Gasteiger partial charge in [-0.2, -0.15) is 0 Å². The average molecular weight is 250 g/mol. The van der Waals surface area contributed by atoms with E-state index in [0.29, 0.717) is 11.8 Å². The molecular formula is C15H26N2O. The van der Waals surface area contributed by atoms with Gasteiger partial charge in [0.25, 0.3) is 0 Å². The number of amides is 1. The van der Waals surface area contributed by atoms with Gasteiger partial charge in [-0.05, 0) is 45.2 Å². The summed E-state index contributed by atoms with van der Waals surface area (Å²) in [5, 5.41) is 3.10. The number of carbonyl (C=O) groups is 1. The van der Waals surface area contributed by atoms with Crippen molar-refractivity contribution in [3.05, 3.63) is 12.2 Å². The van der Waals surface area contributed by atoms with E-state index in [1.807, 2.05) is 6.08 Å². The Labute approximate surface area is 111 Å². The first-order valence-corrected chi connectivity index (χ1v) is 7.38. The van der Waals surface area contributed by atoms with Crippen molar-refractivity contribution in [1.29, 1.82) is 0 Å². The first-order chi connectivity index (χ1) is 8.74. The lowest BCUT2D eigenvalue weighted by molar-refractivity contribution is -0.120. The molecule has 1 heterocycles. The van der Waals surface area contributed by atoms with Gasteiger partial charge in [-0.25, -0.2) is 0 Å². The molecule has 0 aromatic carbocycles. The van der Waals surface area contributed by atoms with Gasteiger partial charge >= 0.3 is 0 Å². The summed E-state index contributed by atoms with van der Waals surface area (Å²) in [6.07, 6.45) is 10.8. The Balaban J connectivity index is 1.65. The third-order valence-electron chi connectivity index (χ3n) is 4.08. The SMILES string of the molecule is CCC=CCC(=O)NCC1(CN2CCCC2)CC1. The van der Waals surface area contributed by atoms with Gasteiger partial charge in [0.1, 0.15) is 0 Å². The minimum atomic E-state index is 0.174. The van der Waals surface area contributed by atoms with Crippen LogP contribution in [0.2, 0.25) is 0 Å². The van der Waals surface area contributed by atoms with Crippen LogP contribution in [0.1, 0.15) is 45.4 Å². The third kappa shape index (κ3) is 4.13. The predicted molar refractivity (Wildman–Crippen MR) is 74.4 cm³/mol. The fourth-order valence-corrected chi connectivity index (χ4v) is 2.70. The fourth-order valence-electron chi connectivity index (χ4n) is 2.70. The molecule has 1 amide bonds. The second-order valence-corrected chi connectivity index (χ2v) is 5.84. The van der Waals surface area contributed by atoms with Crippen LogP contribution in [-0.4, -0.2) is 37.0 Å². The van der Waals surface area contributed by atoms with Crippen molar-refractivity contribution in [2.24, 2.45) is 5.41 Å². The molecule has 0 radical (unpaired) electrons. The highest BCUT2D eigenvalue weighted by molar-refractivity contribution is 5.77. The van der Waals surface area contributed by atoms with E-state index in [0.717, 1.165) is 13.0 Å². The number of nitrogens with one attached hydrogen (secondary N) is 1. The standard InChI is InChI=1S/C15H26N2O/c1-2-3-4-7-14(18)16-12-15(8-9-15)13-17-10-5-6-11-17/h3-4H,2,5-13H2,1H3,(H,16,18). The molecule has 102 valence electrons. The number of hydrogen-bond donors (Lipinski definition) is 1. The Morgan fingerprint density at radius 3 is 2.61 bits per heavy atom. The van der Waals surface area contributed by atoms with Crippen molar-refractivity contribution in [1.82, 2.24) is 10.2 Å². The number of allylic oxidation sites excluding steroid dienone is 1. The molecule has 0 aromatic rings. The van der Waals surface area contributed by atoms with E-state index in [9.17, 15) is 4.79 Å². The van der Waals surface area contributed by atoms with Gasteiger partial charge in [0.15, 0.2) is 0 Å². The zero-order valence-corrected chi connectivity index (χ0v) is 11.6. The molecule has 3 heteroatoms. The Morgan fingerprint density at radius 1 is 1.28 bits per heavy atom. The summed E-state index contributed by atoms with van der Waals surface area (Å²) in [5.74, 6) is 0.174. The van der Waals surface area contributed by atoms with E-state index < -0.39 is 0 Å². The van der Waals surface area contributed by atoms with E-state index in [1.165, 1.54) is 45.3 Å². The third-order valence-corrected chi connectivity index (χ3v) is 4.08. The lowest BCUT2D eigenvalue weighted by Gasteiger charge is -2.23. The van der Waals surface area contributed by atoms with Gasteiger partial charge in [-0.15, -0.1) is 0 Å². The lowest BCUT2D eigenvalue weighted by atomic mass is 10.1. The van der Waals surface area contributed by atoms with E-state index in [2.05, 4.69) is 23.2 Å². The summed E-state index contributed by atoms with van der Waals surface area (Å²) < 4.78 is 0. The normalized spacial score (nSPS) is 22.5. The molecule has 1 N–H and O–H groups in total. The van der Waals surface area contributed by atoms with Crippen LogP contribution >= 0.6 is 0 Å². The number of nitrogens with zero attached hydrogens (tertiary/aromatic N) is 1. The van der Waals surface area contributed by atoms with Crippen LogP contribution in [0.3, 0.4) is 0 Å². The first kappa shape index (κ1) is 13.6. The quantitative estimate of drug-likeness (QED) is 0.703. The summed E-state index contributed by atoms with van der Waals surface area (Å²) in [5.41, 5.74) is 0.411. The smallest absolute Gasteiger partial charge is 0.223 e. The molecule has 18 heavy (non-hydrogen) atoms. The summed E-state index contributed by atoms with van der Waals surface area (Å²) in [6.45, 7) is 6.67. The number of likely N-dealkylation sites (tertiary alicyclic amines) is 1. The Bertz CT molecular complexity index is 302. The first-order valence-electron chi connectivity index (χ1n) is 7.38. The maximum absolute atomic E-state index is 11.7. The van der Waals surface area contributed by atoms with Crippen LogP contribution in [0.4, 0.5) is 0 Å². The highest BCUT2D eigenvalue weighted by atomic mass is 16.1. The van der Waals surface area contributed by atoms with Crippen LogP contribution in [0, 0.1) is 5.41 Å². The zero-order valence-electron chi connectivity index (χ0n) is 11.6. The number of rotatable bonds is 7. The van der Waals surface area contributed by atoms with Crippen molar-refractivity contribution in [2.45, 2.75) is 45.4 Å². The molecule has 0 atom stereocenters. The maximum Gasteiger partial charge on any atom is 0.223 e. The average Bonchev–Trinajstić information content (AvgIpc) is 2.92. The molecule has 1 saturated carbocycles. The lowest BCUT2D eigenvalue weighted by Crippen LogP contribution is -2.36. The van der Waals surface area contributed by atoms with E-state index in [-0.39, 0.29) is 5.91 Å². The van der Waals surface area contributed by atoms with Crippen LogP contribution in [0.5, 0.6) is 0 Å². The van der Waals surface area contributed by atoms with Gasteiger partial charge in [0, 0.05) is 24.9 Å². The molecule has 1 aliphatic carbocycles. The van der Waals surface area contributed by atoms with Crippen molar-refractivity contribution in [2.75, 3.05) is 26.2 Å². The van der Waals surface area contributed by atoms with Crippen molar-refractivity contribution >= 4 is 5.91 Å². The van der Waals surface area contributed by atoms with Crippen LogP contribution < -0.4 is 5.32 Å². The van der Waals surface area contributed by atoms with Gasteiger partial charge < -0.3 is 10.2 Å². The highest BCUT2D eigenvalue weighted by Gasteiger charge is 2.44. The monoisotopic (exact) mass is 250 g/mol. The van der Waals surface area contributed by atoms with Crippen LogP contribution in [0.15, 0.2) is 12.2 Å². The van der Waals surface area contributed by atoms with Crippen LogP contribution in [0.25, 0.3) is 0 Å². The molecule has 2 aliphatic rings. The summed E-state index contributed by atoms with van der Waals surface area (Å²) in [7, 11) is 0. The number of carbonyl (C=O) groups excluding carboxylic acids is 1. The molecule has 0 spiro atoms. The van der Waals surface area contributed by atoms with Gasteiger partial charge in [-0.1, -0.05) is 19.1 Å². The Hall–Kier alpha value is -0.830. The zero-order chi connectivity index (χ0) is 12.8. The minimum absolute atomic E-state index is 0.174. The molecule has 2 rings (SSSR count). The Morgan fingerprint density at radius 2 is 2.00 bits per heavy atom. The molecule has 0 aromatic heterocycles. The highest BCUT2D eigenvalue weighted by Crippen LogP contribution is 2.46. The second-order valence-electron chi connectivity index (χ2n) is 5.84. The molecule has 0 unspecified atom stereocenters. The van der Waals surface area contributed by atoms with E-state index in [1.54, 1.807) is 0 Å². The van der Waals surface area contributed by atoms with E-state index >= 15 is 0 Å². The number of hydrogen-bond acceptors (Lipinski definition) is 2. The van der Waals surface area contributed by atoms with Crippen LogP contribution in [-0.2, 0) is 4.79 Å². The second kappa shape index (κ2) is 6.37. The van der Waals surface area contributed by atoms with Gasteiger partial charge in [0.05, 0.1) is 0 Å². The molecule has 3 nitrogen and oxygen atoms in total. The van der Waals surface area contributed by atoms with Gasteiger partial charge in [0.2, 0.25) is 5.91 Å². The molecule has 2 fully saturated rings. The fraction of sp³-hybridized carbons (Fsp3) is 0.800. The predicted octanol–water partition coefficient (Wildman–Crippen LogP) is 2.33. The summed E-state index contributed by atoms with van der Waals surface area (Å²) in [6, 6.07) is 0. The molecular weight excluding hydrogens is 224 g/mol. The van der Waals surface area contributed by atoms with Gasteiger partial charge in [-0.3, -0.25) is 4.79 Å². The van der Waals surface area contributed by atoms with E-state index in [4.69, 9.17) is 0 Å². The molecule has 0 bridgehead atoms. The minimum Gasteiger partial charge on any atom is -0.355 e. The summed E-state index contributed by atoms with van der Waals surface area (Å²) in [4.78, 5) is 14.2. The van der Waals surface area contributed by atoms with Crippen molar-refractivity contribution in [3.63, 3.8) is 0 Å². The molecule has 1 aliphatic heterocycles. The largest absolute Gasteiger partial charge is 0.355 e. The van der Waals surface area contributed by atoms with Crippen molar-refractivity contribution < 1.29 is 4.79 Å². The Kier molecular flexibility index (Phi) is 4.81. The van der Waals surface area contributed by atoms with Crippen molar-refractivity contribution in [3.8, 4) is 0 Å². The topological polar surface area (TPSA) is 32.3 Å². The maximum atomic E-state index is 11.7.